The Labute approximate surface area is 122 Å². The minimum absolute atomic E-state index is 0.130. The first-order valence-electron chi connectivity index (χ1n) is 6.71. The molecule has 0 aliphatic heterocycles. The summed E-state index contributed by atoms with van der Waals surface area (Å²) in [6.45, 7) is 2.33. The topological polar surface area (TPSA) is 83.8 Å². The zero-order chi connectivity index (χ0) is 14.8. The summed E-state index contributed by atoms with van der Waals surface area (Å²) in [5, 5.41) is 3.74. The van der Waals surface area contributed by atoms with Crippen molar-refractivity contribution in [1.82, 2.24) is 15.3 Å². The lowest BCUT2D eigenvalue weighted by Gasteiger charge is -2.05. The zero-order valence-electron chi connectivity index (χ0n) is 11.7. The fourth-order valence-electron chi connectivity index (χ4n) is 2.30. The van der Waals surface area contributed by atoms with Crippen molar-refractivity contribution in [2.75, 3.05) is 5.73 Å². The third-order valence-electron chi connectivity index (χ3n) is 3.33. The Bertz CT molecular complexity index is 807. The molecule has 2 aromatic heterocycles. The van der Waals surface area contributed by atoms with E-state index in [9.17, 15) is 4.79 Å². The lowest BCUT2D eigenvalue weighted by molar-refractivity contribution is 0.0952. The highest BCUT2D eigenvalue weighted by Crippen LogP contribution is 2.20. The van der Waals surface area contributed by atoms with Crippen molar-refractivity contribution in [3.63, 3.8) is 0 Å². The van der Waals surface area contributed by atoms with Gasteiger partial charge >= 0.3 is 0 Å². The zero-order valence-corrected chi connectivity index (χ0v) is 11.7. The standard InChI is InChI=1S/C16H16N4O/c1-10-3-2-4-12(20-10)8-19-16(21)14-9-18-15-7-11(17)5-6-13(14)15/h2-7,9,18H,8,17H2,1H3,(H,19,21). The first-order chi connectivity index (χ1) is 10.1. The molecule has 1 amide bonds. The van der Waals surface area contributed by atoms with Crippen LogP contribution < -0.4 is 11.1 Å². The molecule has 5 nitrogen and oxygen atoms in total. The monoisotopic (exact) mass is 280 g/mol. The number of carbonyl (C=O) groups is 1. The molecule has 0 saturated heterocycles. The summed E-state index contributed by atoms with van der Waals surface area (Å²) in [6.07, 6.45) is 1.70. The van der Waals surface area contributed by atoms with Crippen LogP contribution in [0, 0.1) is 6.92 Å². The molecule has 2 heterocycles. The molecular formula is C16H16N4O. The maximum absolute atomic E-state index is 12.3. The fourth-order valence-corrected chi connectivity index (χ4v) is 2.30. The Kier molecular flexibility index (Phi) is 3.31. The van der Waals surface area contributed by atoms with Crippen molar-refractivity contribution in [3.05, 3.63) is 59.5 Å². The number of amides is 1. The lowest BCUT2D eigenvalue weighted by atomic mass is 10.1. The Morgan fingerprint density at radius 1 is 1.33 bits per heavy atom. The number of hydrogen-bond donors (Lipinski definition) is 3. The Balaban J connectivity index is 1.78. The number of anilines is 1. The maximum Gasteiger partial charge on any atom is 0.253 e. The van der Waals surface area contributed by atoms with Gasteiger partial charge in [0, 0.05) is 28.5 Å². The molecule has 4 N–H and O–H groups in total. The molecule has 21 heavy (non-hydrogen) atoms. The highest BCUT2D eigenvalue weighted by molar-refractivity contribution is 6.07. The molecule has 106 valence electrons. The molecule has 0 bridgehead atoms. The minimum atomic E-state index is -0.130. The molecule has 0 aliphatic rings. The van der Waals surface area contributed by atoms with Crippen molar-refractivity contribution in [3.8, 4) is 0 Å². The van der Waals surface area contributed by atoms with E-state index < -0.39 is 0 Å². The maximum atomic E-state index is 12.3. The second-order valence-corrected chi connectivity index (χ2v) is 4.96. The van der Waals surface area contributed by atoms with Gasteiger partial charge in [-0.25, -0.2) is 0 Å². The predicted octanol–water partition coefficient (Wildman–Crippen LogP) is 2.38. The first-order valence-corrected chi connectivity index (χ1v) is 6.71. The van der Waals surface area contributed by atoms with Gasteiger partial charge in [0.05, 0.1) is 17.8 Å². The Morgan fingerprint density at radius 3 is 3.00 bits per heavy atom. The summed E-state index contributed by atoms with van der Waals surface area (Å²) in [7, 11) is 0. The van der Waals surface area contributed by atoms with Gasteiger partial charge in [-0.3, -0.25) is 9.78 Å². The summed E-state index contributed by atoms with van der Waals surface area (Å²) in [6, 6.07) is 11.2. The number of nitrogens with one attached hydrogen (secondary N) is 2. The van der Waals surface area contributed by atoms with Crippen LogP contribution in [0.15, 0.2) is 42.6 Å². The van der Waals surface area contributed by atoms with E-state index in [1.165, 1.54) is 0 Å². The van der Waals surface area contributed by atoms with Crippen LogP contribution in [-0.4, -0.2) is 15.9 Å². The van der Waals surface area contributed by atoms with Gasteiger partial charge in [-0.1, -0.05) is 6.07 Å². The summed E-state index contributed by atoms with van der Waals surface area (Å²) in [5.41, 5.74) is 9.64. The highest BCUT2D eigenvalue weighted by atomic mass is 16.1. The summed E-state index contributed by atoms with van der Waals surface area (Å²) in [4.78, 5) is 19.7. The summed E-state index contributed by atoms with van der Waals surface area (Å²) >= 11 is 0. The second-order valence-electron chi connectivity index (χ2n) is 4.96. The number of nitrogen functional groups attached to an aromatic ring is 1. The van der Waals surface area contributed by atoms with E-state index >= 15 is 0 Å². The van der Waals surface area contributed by atoms with Gasteiger partial charge in [0.15, 0.2) is 0 Å². The fraction of sp³-hybridized carbons (Fsp3) is 0.125. The number of benzene rings is 1. The van der Waals surface area contributed by atoms with E-state index in [4.69, 9.17) is 5.73 Å². The third-order valence-corrected chi connectivity index (χ3v) is 3.33. The second kappa shape index (κ2) is 5.28. The Hall–Kier alpha value is -2.82. The number of nitrogens with zero attached hydrogens (tertiary/aromatic N) is 1. The van der Waals surface area contributed by atoms with Crippen molar-refractivity contribution < 1.29 is 4.79 Å². The van der Waals surface area contributed by atoms with Crippen molar-refractivity contribution >= 4 is 22.5 Å². The van der Waals surface area contributed by atoms with Crippen molar-refractivity contribution in [2.45, 2.75) is 13.5 Å². The van der Waals surface area contributed by atoms with E-state index in [1.807, 2.05) is 37.3 Å². The van der Waals surface area contributed by atoms with Gasteiger partial charge < -0.3 is 16.0 Å². The molecule has 0 unspecified atom stereocenters. The number of pyridine rings is 1. The number of rotatable bonds is 3. The van der Waals surface area contributed by atoms with Crippen LogP contribution in [0.4, 0.5) is 5.69 Å². The van der Waals surface area contributed by atoms with Crippen molar-refractivity contribution in [2.24, 2.45) is 0 Å². The SMILES string of the molecule is Cc1cccc(CNC(=O)c2c[nH]c3cc(N)ccc23)n1. The smallest absolute Gasteiger partial charge is 0.253 e. The molecule has 0 fully saturated rings. The van der Waals surface area contributed by atoms with Crippen LogP contribution in [0.2, 0.25) is 0 Å². The molecule has 3 rings (SSSR count). The number of carbonyl (C=O) groups excluding carboxylic acids is 1. The van der Waals surface area contributed by atoms with Crippen LogP contribution in [0.3, 0.4) is 0 Å². The van der Waals surface area contributed by atoms with Gasteiger partial charge in [-0.2, -0.15) is 0 Å². The lowest BCUT2D eigenvalue weighted by Crippen LogP contribution is -2.23. The molecule has 0 atom stereocenters. The average Bonchev–Trinajstić information content (AvgIpc) is 2.88. The predicted molar refractivity (Wildman–Crippen MR) is 82.9 cm³/mol. The number of hydrogen-bond acceptors (Lipinski definition) is 3. The molecule has 1 aromatic carbocycles. The van der Waals surface area contributed by atoms with Crippen molar-refractivity contribution in [1.29, 1.82) is 0 Å². The van der Waals surface area contributed by atoms with Crippen LogP contribution in [-0.2, 0) is 6.54 Å². The highest BCUT2D eigenvalue weighted by Gasteiger charge is 2.11. The number of nitrogens with two attached hydrogens (primary N) is 1. The van der Waals surface area contributed by atoms with Gasteiger partial charge in [0.1, 0.15) is 0 Å². The average molecular weight is 280 g/mol. The quantitative estimate of drug-likeness (QED) is 0.644. The molecule has 5 heteroatoms. The molecular weight excluding hydrogens is 264 g/mol. The van der Waals surface area contributed by atoms with Crippen LogP contribution in [0.1, 0.15) is 21.7 Å². The largest absolute Gasteiger partial charge is 0.399 e. The summed E-state index contributed by atoms with van der Waals surface area (Å²) in [5.74, 6) is -0.130. The number of H-pyrrole nitrogens is 1. The van der Waals surface area contributed by atoms with Gasteiger partial charge in [-0.15, -0.1) is 0 Å². The van der Waals surface area contributed by atoms with E-state index in [0.29, 0.717) is 17.8 Å². The molecule has 0 saturated carbocycles. The number of fused-ring (bicyclic) bond motifs is 1. The molecule has 3 aromatic rings. The van der Waals surface area contributed by atoms with Gasteiger partial charge in [0.2, 0.25) is 0 Å². The number of aromatic nitrogens is 2. The van der Waals surface area contributed by atoms with Gasteiger partial charge in [-0.05, 0) is 37.3 Å². The third kappa shape index (κ3) is 2.72. The molecule has 0 radical (unpaired) electrons. The van der Waals surface area contributed by atoms with E-state index in [-0.39, 0.29) is 5.91 Å². The number of aryl methyl sites for hydroxylation is 1. The molecule has 0 spiro atoms. The minimum Gasteiger partial charge on any atom is -0.399 e. The van der Waals surface area contributed by atoms with Crippen LogP contribution in [0.25, 0.3) is 10.9 Å². The Morgan fingerprint density at radius 2 is 2.19 bits per heavy atom. The van der Waals surface area contributed by atoms with E-state index in [1.54, 1.807) is 12.3 Å². The summed E-state index contributed by atoms with van der Waals surface area (Å²) < 4.78 is 0. The van der Waals surface area contributed by atoms with E-state index in [2.05, 4.69) is 15.3 Å². The number of aromatic amines is 1. The normalized spacial score (nSPS) is 10.7. The van der Waals surface area contributed by atoms with E-state index in [0.717, 1.165) is 22.3 Å². The van der Waals surface area contributed by atoms with Crippen LogP contribution in [0.5, 0.6) is 0 Å². The van der Waals surface area contributed by atoms with Crippen LogP contribution >= 0.6 is 0 Å². The van der Waals surface area contributed by atoms with Gasteiger partial charge in [0.25, 0.3) is 5.91 Å². The molecule has 0 aliphatic carbocycles. The first kappa shape index (κ1) is 13.2.